The van der Waals surface area contributed by atoms with Crippen LogP contribution in [0.15, 0.2) is 29.3 Å². The molecule has 0 amide bonds. The van der Waals surface area contributed by atoms with Gasteiger partial charge in [0.25, 0.3) is 0 Å². The van der Waals surface area contributed by atoms with Crippen LogP contribution in [0.5, 0.6) is 5.75 Å². The lowest BCUT2D eigenvalue weighted by Gasteiger charge is -2.31. The number of guanidine groups is 1. The molecule has 1 aromatic carbocycles. The molecule has 2 rings (SSSR count). The highest BCUT2D eigenvalue weighted by atomic mass is 16.3. The van der Waals surface area contributed by atoms with E-state index in [0.29, 0.717) is 24.2 Å². The van der Waals surface area contributed by atoms with Crippen molar-refractivity contribution >= 4 is 5.96 Å². The molecule has 3 N–H and O–H groups in total. The van der Waals surface area contributed by atoms with E-state index in [-0.39, 0.29) is 0 Å². The number of benzene rings is 1. The van der Waals surface area contributed by atoms with Gasteiger partial charge in [0.05, 0.1) is 0 Å². The Balaban J connectivity index is 1.84. The second kappa shape index (κ2) is 6.45. The molecule has 19 heavy (non-hydrogen) atoms. The van der Waals surface area contributed by atoms with E-state index in [1.54, 1.807) is 12.1 Å². The van der Waals surface area contributed by atoms with E-state index in [4.69, 9.17) is 5.73 Å². The SMILES string of the molecule is CC1CCCN(C(N)=NCCc2cccc(O)c2)C1. The van der Waals surface area contributed by atoms with Gasteiger partial charge in [0, 0.05) is 19.6 Å². The lowest BCUT2D eigenvalue weighted by Crippen LogP contribution is -2.43. The van der Waals surface area contributed by atoms with Gasteiger partial charge in [0.1, 0.15) is 5.75 Å². The maximum Gasteiger partial charge on any atom is 0.191 e. The Hall–Kier alpha value is -1.71. The third kappa shape index (κ3) is 4.16. The van der Waals surface area contributed by atoms with Crippen LogP contribution in [0.25, 0.3) is 0 Å². The highest BCUT2D eigenvalue weighted by Crippen LogP contribution is 2.15. The zero-order valence-corrected chi connectivity index (χ0v) is 11.5. The normalized spacial score (nSPS) is 20.6. The summed E-state index contributed by atoms with van der Waals surface area (Å²) in [7, 11) is 0. The van der Waals surface area contributed by atoms with Crippen molar-refractivity contribution in [1.82, 2.24) is 4.90 Å². The van der Waals surface area contributed by atoms with Crippen LogP contribution in [-0.4, -0.2) is 35.6 Å². The van der Waals surface area contributed by atoms with Gasteiger partial charge in [-0.25, -0.2) is 0 Å². The average molecular weight is 261 g/mol. The fraction of sp³-hybridized carbons (Fsp3) is 0.533. The summed E-state index contributed by atoms with van der Waals surface area (Å²) in [6.07, 6.45) is 3.29. The molecule has 0 saturated carbocycles. The molecular formula is C15H23N3O. The lowest BCUT2D eigenvalue weighted by atomic mass is 10.0. The van der Waals surface area contributed by atoms with Crippen molar-refractivity contribution in [2.24, 2.45) is 16.6 Å². The van der Waals surface area contributed by atoms with Gasteiger partial charge in [-0.2, -0.15) is 0 Å². The van der Waals surface area contributed by atoms with E-state index in [2.05, 4.69) is 16.8 Å². The number of nitrogens with zero attached hydrogens (tertiary/aromatic N) is 2. The van der Waals surface area contributed by atoms with Crippen LogP contribution in [-0.2, 0) is 6.42 Å². The van der Waals surface area contributed by atoms with Crippen LogP contribution in [0.4, 0.5) is 0 Å². The Kier molecular flexibility index (Phi) is 4.66. The molecular weight excluding hydrogens is 238 g/mol. The van der Waals surface area contributed by atoms with E-state index in [0.717, 1.165) is 25.1 Å². The van der Waals surface area contributed by atoms with Gasteiger partial charge in [-0.3, -0.25) is 4.99 Å². The summed E-state index contributed by atoms with van der Waals surface area (Å²) in [4.78, 5) is 6.62. The van der Waals surface area contributed by atoms with Crippen LogP contribution in [0.2, 0.25) is 0 Å². The molecule has 1 aliphatic rings. The molecule has 0 spiro atoms. The molecule has 1 aromatic rings. The van der Waals surface area contributed by atoms with Crippen LogP contribution < -0.4 is 5.73 Å². The number of rotatable bonds is 3. The third-order valence-corrected chi connectivity index (χ3v) is 3.57. The second-order valence-electron chi connectivity index (χ2n) is 5.35. The van der Waals surface area contributed by atoms with E-state index in [1.165, 1.54) is 12.8 Å². The number of aromatic hydroxyl groups is 1. The number of hydrogen-bond donors (Lipinski definition) is 2. The van der Waals surface area contributed by atoms with E-state index in [9.17, 15) is 5.11 Å². The number of piperidine rings is 1. The number of phenolic OH excluding ortho intramolecular Hbond substituents is 1. The molecule has 4 heteroatoms. The zero-order chi connectivity index (χ0) is 13.7. The molecule has 104 valence electrons. The first-order valence-corrected chi connectivity index (χ1v) is 6.98. The van der Waals surface area contributed by atoms with E-state index >= 15 is 0 Å². The fourth-order valence-electron chi connectivity index (χ4n) is 2.51. The Labute approximate surface area is 114 Å². The third-order valence-electron chi connectivity index (χ3n) is 3.57. The molecule has 1 atom stereocenters. The predicted molar refractivity (Wildman–Crippen MR) is 78.3 cm³/mol. The van der Waals surface area contributed by atoms with Crippen LogP contribution in [0, 0.1) is 5.92 Å². The number of likely N-dealkylation sites (tertiary alicyclic amines) is 1. The largest absolute Gasteiger partial charge is 0.508 e. The Bertz CT molecular complexity index is 445. The minimum absolute atomic E-state index is 0.305. The van der Waals surface area contributed by atoms with Crippen molar-refractivity contribution in [3.05, 3.63) is 29.8 Å². The van der Waals surface area contributed by atoms with Gasteiger partial charge in [-0.15, -0.1) is 0 Å². The summed E-state index contributed by atoms with van der Waals surface area (Å²) in [6, 6.07) is 7.30. The molecule has 0 radical (unpaired) electrons. The summed E-state index contributed by atoms with van der Waals surface area (Å²) >= 11 is 0. The van der Waals surface area contributed by atoms with Gasteiger partial charge in [0.15, 0.2) is 5.96 Å². The molecule has 0 bridgehead atoms. The first kappa shape index (κ1) is 13.7. The Morgan fingerprint density at radius 1 is 1.53 bits per heavy atom. The van der Waals surface area contributed by atoms with Crippen molar-refractivity contribution < 1.29 is 5.11 Å². The average Bonchev–Trinajstić information content (AvgIpc) is 2.38. The highest BCUT2D eigenvalue weighted by Gasteiger charge is 2.17. The molecule has 1 heterocycles. The van der Waals surface area contributed by atoms with Crippen molar-refractivity contribution in [2.75, 3.05) is 19.6 Å². The van der Waals surface area contributed by atoms with Gasteiger partial charge in [-0.05, 0) is 42.9 Å². The first-order valence-electron chi connectivity index (χ1n) is 6.98. The minimum Gasteiger partial charge on any atom is -0.508 e. The summed E-state index contributed by atoms with van der Waals surface area (Å²) in [5.74, 6) is 1.67. The van der Waals surface area contributed by atoms with Crippen molar-refractivity contribution in [2.45, 2.75) is 26.2 Å². The van der Waals surface area contributed by atoms with Gasteiger partial charge in [-0.1, -0.05) is 19.1 Å². The van der Waals surface area contributed by atoms with Crippen LogP contribution in [0.1, 0.15) is 25.3 Å². The van der Waals surface area contributed by atoms with E-state index < -0.39 is 0 Å². The molecule has 1 aliphatic heterocycles. The fourth-order valence-corrected chi connectivity index (χ4v) is 2.51. The monoisotopic (exact) mass is 261 g/mol. The quantitative estimate of drug-likeness (QED) is 0.646. The maximum atomic E-state index is 9.39. The number of aliphatic imine (C=N–C) groups is 1. The minimum atomic E-state index is 0.305. The Morgan fingerprint density at radius 3 is 3.11 bits per heavy atom. The second-order valence-corrected chi connectivity index (χ2v) is 5.35. The van der Waals surface area contributed by atoms with Crippen LogP contribution in [0.3, 0.4) is 0 Å². The smallest absolute Gasteiger partial charge is 0.191 e. The highest BCUT2D eigenvalue weighted by molar-refractivity contribution is 5.78. The van der Waals surface area contributed by atoms with Gasteiger partial charge < -0.3 is 15.7 Å². The van der Waals surface area contributed by atoms with Crippen molar-refractivity contribution in [1.29, 1.82) is 0 Å². The van der Waals surface area contributed by atoms with Gasteiger partial charge >= 0.3 is 0 Å². The molecule has 1 saturated heterocycles. The number of phenols is 1. The molecule has 4 nitrogen and oxygen atoms in total. The topological polar surface area (TPSA) is 61.8 Å². The zero-order valence-electron chi connectivity index (χ0n) is 11.5. The molecule has 0 aromatic heterocycles. The van der Waals surface area contributed by atoms with Crippen molar-refractivity contribution in [3.63, 3.8) is 0 Å². The van der Waals surface area contributed by atoms with Gasteiger partial charge in [0.2, 0.25) is 0 Å². The molecule has 1 fully saturated rings. The summed E-state index contributed by atoms with van der Waals surface area (Å²) < 4.78 is 0. The van der Waals surface area contributed by atoms with Crippen LogP contribution >= 0.6 is 0 Å². The Morgan fingerprint density at radius 2 is 2.37 bits per heavy atom. The number of nitrogens with two attached hydrogens (primary N) is 1. The maximum absolute atomic E-state index is 9.39. The summed E-state index contributed by atoms with van der Waals surface area (Å²) in [5.41, 5.74) is 7.12. The summed E-state index contributed by atoms with van der Waals surface area (Å²) in [5, 5.41) is 9.39. The lowest BCUT2D eigenvalue weighted by molar-refractivity contribution is 0.270. The standard InChI is InChI=1S/C15H23N3O/c1-12-4-3-9-18(11-12)15(16)17-8-7-13-5-2-6-14(19)10-13/h2,5-6,10,12,19H,3-4,7-9,11H2,1H3,(H2,16,17). The summed E-state index contributed by atoms with van der Waals surface area (Å²) in [6.45, 7) is 4.96. The number of hydrogen-bond acceptors (Lipinski definition) is 2. The van der Waals surface area contributed by atoms with Crippen molar-refractivity contribution in [3.8, 4) is 5.75 Å². The van der Waals surface area contributed by atoms with E-state index in [1.807, 2.05) is 12.1 Å². The first-order chi connectivity index (χ1) is 9.15. The predicted octanol–water partition coefficient (Wildman–Crippen LogP) is 1.98. The molecule has 0 aliphatic carbocycles. The molecule has 1 unspecified atom stereocenters.